The van der Waals surface area contributed by atoms with Gasteiger partial charge in [-0.15, -0.1) is 11.8 Å². The SMILES string of the molecule is Cc1ccc(CC(CSc2cccc(F)c2)NN)cc1. The van der Waals surface area contributed by atoms with Crippen LogP contribution in [0.15, 0.2) is 53.4 Å². The number of nitrogens with one attached hydrogen (secondary N) is 1. The molecule has 1 unspecified atom stereocenters. The van der Waals surface area contributed by atoms with Crippen molar-refractivity contribution in [1.82, 2.24) is 5.43 Å². The maximum atomic E-state index is 13.1. The molecule has 20 heavy (non-hydrogen) atoms. The van der Waals surface area contributed by atoms with Gasteiger partial charge in [0, 0.05) is 16.7 Å². The molecule has 2 aromatic rings. The number of hydrogen-bond acceptors (Lipinski definition) is 3. The zero-order chi connectivity index (χ0) is 14.4. The summed E-state index contributed by atoms with van der Waals surface area (Å²) in [7, 11) is 0. The van der Waals surface area contributed by atoms with Gasteiger partial charge < -0.3 is 0 Å². The molecule has 0 radical (unpaired) electrons. The van der Waals surface area contributed by atoms with E-state index in [1.165, 1.54) is 17.2 Å². The minimum atomic E-state index is -0.203. The predicted molar refractivity (Wildman–Crippen MR) is 83.1 cm³/mol. The largest absolute Gasteiger partial charge is 0.271 e. The normalized spacial score (nSPS) is 12.3. The quantitative estimate of drug-likeness (QED) is 0.487. The summed E-state index contributed by atoms with van der Waals surface area (Å²) in [5.74, 6) is 6.20. The lowest BCUT2D eigenvalue weighted by Gasteiger charge is -2.15. The highest BCUT2D eigenvalue weighted by Gasteiger charge is 2.09. The van der Waals surface area contributed by atoms with Gasteiger partial charge in [-0.2, -0.15) is 0 Å². The molecule has 0 fully saturated rings. The van der Waals surface area contributed by atoms with Crippen LogP contribution in [-0.4, -0.2) is 11.8 Å². The first-order valence-corrected chi connectivity index (χ1v) is 7.56. The average Bonchev–Trinajstić information content (AvgIpc) is 2.45. The van der Waals surface area contributed by atoms with Crippen molar-refractivity contribution in [2.24, 2.45) is 5.84 Å². The molecule has 0 bridgehead atoms. The van der Waals surface area contributed by atoms with Gasteiger partial charge in [-0.25, -0.2) is 4.39 Å². The molecule has 0 spiro atoms. The van der Waals surface area contributed by atoms with Gasteiger partial charge in [-0.1, -0.05) is 35.9 Å². The molecular formula is C16H19FN2S. The van der Waals surface area contributed by atoms with Gasteiger partial charge in [0.2, 0.25) is 0 Å². The van der Waals surface area contributed by atoms with Crippen LogP contribution in [0.5, 0.6) is 0 Å². The van der Waals surface area contributed by atoms with Crippen LogP contribution >= 0.6 is 11.8 Å². The number of nitrogens with two attached hydrogens (primary N) is 1. The van der Waals surface area contributed by atoms with E-state index in [1.54, 1.807) is 23.9 Å². The maximum absolute atomic E-state index is 13.1. The number of thioether (sulfide) groups is 1. The summed E-state index contributed by atoms with van der Waals surface area (Å²) in [6.45, 7) is 2.07. The zero-order valence-corrected chi connectivity index (χ0v) is 12.3. The Morgan fingerprint density at radius 1 is 1.20 bits per heavy atom. The molecule has 4 heteroatoms. The van der Waals surface area contributed by atoms with Gasteiger partial charge in [0.05, 0.1) is 0 Å². The summed E-state index contributed by atoms with van der Waals surface area (Å²) < 4.78 is 13.1. The van der Waals surface area contributed by atoms with Crippen LogP contribution in [0.2, 0.25) is 0 Å². The third-order valence-electron chi connectivity index (χ3n) is 3.09. The van der Waals surface area contributed by atoms with E-state index in [2.05, 4.69) is 36.6 Å². The first-order chi connectivity index (χ1) is 9.67. The third-order valence-corrected chi connectivity index (χ3v) is 4.24. The first-order valence-electron chi connectivity index (χ1n) is 6.57. The van der Waals surface area contributed by atoms with Crippen molar-refractivity contribution in [2.45, 2.75) is 24.3 Å². The van der Waals surface area contributed by atoms with E-state index in [0.29, 0.717) is 0 Å². The van der Waals surface area contributed by atoms with Gasteiger partial charge in [0.25, 0.3) is 0 Å². The summed E-state index contributed by atoms with van der Waals surface area (Å²) in [6.07, 6.45) is 0.860. The van der Waals surface area contributed by atoms with Crippen molar-refractivity contribution in [2.75, 3.05) is 5.75 Å². The van der Waals surface area contributed by atoms with E-state index in [1.807, 2.05) is 6.07 Å². The molecule has 0 saturated heterocycles. The van der Waals surface area contributed by atoms with Crippen molar-refractivity contribution in [1.29, 1.82) is 0 Å². The second kappa shape index (κ2) is 7.43. The smallest absolute Gasteiger partial charge is 0.124 e. The van der Waals surface area contributed by atoms with Crippen LogP contribution in [0, 0.1) is 12.7 Å². The Balaban J connectivity index is 1.90. The Morgan fingerprint density at radius 2 is 1.95 bits per heavy atom. The van der Waals surface area contributed by atoms with Crippen LogP contribution in [0.25, 0.3) is 0 Å². The van der Waals surface area contributed by atoms with Crippen molar-refractivity contribution in [3.8, 4) is 0 Å². The zero-order valence-electron chi connectivity index (χ0n) is 11.5. The fourth-order valence-corrected chi connectivity index (χ4v) is 2.91. The van der Waals surface area contributed by atoms with Crippen LogP contribution in [0.1, 0.15) is 11.1 Å². The highest BCUT2D eigenvalue weighted by Crippen LogP contribution is 2.20. The van der Waals surface area contributed by atoms with Gasteiger partial charge in [-0.3, -0.25) is 11.3 Å². The standard InChI is InChI=1S/C16H19FN2S/c1-12-5-7-13(8-6-12)9-15(19-18)11-20-16-4-2-3-14(17)10-16/h2-8,10,15,19H,9,11,18H2,1H3. The highest BCUT2D eigenvalue weighted by atomic mass is 32.2. The topological polar surface area (TPSA) is 38.0 Å². The van der Waals surface area contributed by atoms with Crippen molar-refractivity contribution in [3.63, 3.8) is 0 Å². The number of rotatable bonds is 6. The summed E-state index contributed by atoms with van der Waals surface area (Å²) in [5.41, 5.74) is 5.33. The van der Waals surface area contributed by atoms with Gasteiger partial charge in [0.15, 0.2) is 0 Å². The summed E-state index contributed by atoms with van der Waals surface area (Å²) in [6, 6.07) is 15.2. The predicted octanol–water partition coefficient (Wildman–Crippen LogP) is 3.30. The minimum Gasteiger partial charge on any atom is -0.271 e. The van der Waals surface area contributed by atoms with Crippen LogP contribution < -0.4 is 11.3 Å². The van der Waals surface area contributed by atoms with E-state index >= 15 is 0 Å². The Kier molecular flexibility index (Phi) is 5.59. The highest BCUT2D eigenvalue weighted by molar-refractivity contribution is 7.99. The summed E-state index contributed by atoms with van der Waals surface area (Å²) >= 11 is 1.61. The summed E-state index contributed by atoms with van der Waals surface area (Å²) in [5, 5.41) is 0. The van der Waals surface area contributed by atoms with Crippen LogP contribution in [-0.2, 0) is 6.42 Å². The molecule has 0 aliphatic heterocycles. The van der Waals surface area contributed by atoms with Crippen molar-refractivity contribution < 1.29 is 4.39 Å². The second-order valence-corrected chi connectivity index (χ2v) is 5.92. The Morgan fingerprint density at radius 3 is 2.60 bits per heavy atom. The monoisotopic (exact) mass is 290 g/mol. The van der Waals surface area contributed by atoms with Gasteiger partial charge in [-0.05, 0) is 37.1 Å². The summed E-state index contributed by atoms with van der Waals surface area (Å²) in [4.78, 5) is 0.925. The number of halogens is 1. The molecule has 0 aromatic heterocycles. The van der Waals surface area contributed by atoms with Crippen molar-refractivity contribution >= 4 is 11.8 Å². The van der Waals surface area contributed by atoms with E-state index in [0.717, 1.165) is 17.1 Å². The lowest BCUT2D eigenvalue weighted by Crippen LogP contribution is -2.38. The van der Waals surface area contributed by atoms with E-state index in [-0.39, 0.29) is 11.9 Å². The van der Waals surface area contributed by atoms with Gasteiger partial charge >= 0.3 is 0 Å². The molecular weight excluding hydrogens is 271 g/mol. The minimum absolute atomic E-state index is 0.158. The van der Waals surface area contributed by atoms with Crippen LogP contribution in [0.4, 0.5) is 4.39 Å². The Labute approximate surface area is 123 Å². The molecule has 0 heterocycles. The molecule has 0 aliphatic rings. The lowest BCUT2D eigenvalue weighted by molar-refractivity contribution is 0.575. The maximum Gasteiger partial charge on any atom is 0.124 e. The lowest BCUT2D eigenvalue weighted by atomic mass is 10.1. The number of hydrazine groups is 1. The van der Waals surface area contributed by atoms with Crippen LogP contribution in [0.3, 0.4) is 0 Å². The number of hydrogen-bond donors (Lipinski definition) is 2. The molecule has 1 atom stereocenters. The number of aryl methyl sites for hydroxylation is 1. The van der Waals surface area contributed by atoms with E-state index < -0.39 is 0 Å². The fraction of sp³-hybridized carbons (Fsp3) is 0.250. The fourth-order valence-electron chi connectivity index (χ4n) is 1.93. The van der Waals surface area contributed by atoms with Crippen molar-refractivity contribution in [3.05, 3.63) is 65.5 Å². The first kappa shape index (κ1) is 15.0. The Bertz CT molecular complexity index is 542. The van der Waals surface area contributed by atoms with E-state index in [9.17, 15) is 4.39 Å². The molecule has 2 nitrogen and oxygen atoms in total. The Hall–Kier alpha value is -1.36. The van der Waals surface area contributed by atoms with Gasteiger partial charge in [0.1, 0.15) is 5.82 Å². The molecule has 106 valence electrons. The second-order valence-electron chi connectivity index (χ2n) is 4.82. The molecule has 0 amide bonds. The molecule has 2 rings (SSSR count). The molecule has 0 saturated carbocycles. The third kappa shape index (κ3) is 4.63. The molecule has 3 N–H and O–H groups in total. The molecule has 2 aromatic carbocycles. The van der Waals surface area contributed by atoms with E-state index in [4.69, 9.17) is 5.84 Å². The number of benzene rings is 2. The molecule has 0 aliphatic carbocycles. The average molecular weight is 290 g/mol.